The molecular formula is C7H2F6N2O4. The molecule has 0 aliphatic heterocycles. The van der Waals surface area contributed by atoms with E-state index in [2.05, 4.69) is 4.74 Å². The molecule has 19 heavy (non-hydrogen) atoms. The number of halogens is 6. The predicted octanol–water partition coefficient (Wildman–Crippen LogP) is 2.20. The number of nitro groups is 1. The molecule has 0 unspecified atom stereocenters. The van der Waals surface area contributed by atoms with E-state index in [4.69, 9.17) is 0 Å². The van der Waals surface area contributed by atoms with Gasteiger partial charge in [0, 0.05) is 0 Å². The van der Waals surface area contributed by atoms with Gasteiger partial charge >= 0.3 is 12.5 Å². The van der Waals surface area contributed by atoms with E-state index in [1.807, 2.05) is 0 Å². The summed E-state index contributed by atoms with van der Waals surface area (Å²) in [4.78, 5) is 20.8. The Hall–Kier alpha value is -2.27. The van der Waals surface area contributed by atoms with Gasteiger partial charge in [0.25, 0.3) is 11.2 Å². The standard InChI is InChI=1S/C7H2F6N2O4/c8-6(9,10)4-2(15(17)18)1-3(14-5(4)16)19-7(11,12)13/h1H,(H,14,16). The zero-order valence-corrected chi connectivity index (χ0v) is 8.43. The van der Waals surface area contributed by atoms with Crippen molar-refractivity contribution in [1.82, 2.24) is 4.98 Å². The second-order valence-corrected chi connectivity index (χ2v) is 3.03. The maximum absolute atomic E-state index is 12.4. The number of alkyl halides is 6. The van der Waals surface area contributed by atoms with Crippen molar-refractivity contribution in [1.29, 1.82) is 0 Å². The maximum atomic E-state index is 12.4. The summed E-state index contributed by atoms with van der Waals surface area (Å²) in [5, 5.41) is 10.4. The topological polar surface area (TPSA) is 85.2 Å². The minimum atomic E-state index is -5.40. The van der Waals surface area contributed by atoms with Gasteiger partial charge in [0.05, 0.1) is 11.0 Å². The number of pyridine rings is 1. The molecule has 1 rings (SSSR count). The van der Waals surface area contributed by atoms with Crippen LogP contribution < -0.4 is 10.3 Å². The number of nitrogens with zero attached hydrogens (tertiary/aromatic N) is 1. The Labute approximate surface area is 98.3 Å². The first-order valence-electron chi connectivity index (χ1n) is 4.16. The number of rotatable bonds is 2. The molecule has 1 aromatic heterocycles. The highest BCUT2D eigenvalue weighted by Crippen LogP contribution is 2.35. The molecule has 0 aromatic carbocycles. The molecule has 0 saturated carbocycles. The van der Waals surface area contributed by atoms with Gasteiger partial charge in [-0.1, -0.05) is 0 Å². The highest BCUT2D eigenvalue weighted by Gasteiger charge is 2.43. The predicted molar refractivity (Wildman–Crippen MR) is 45.4 cm³/mol. The van der Waals surface area contributed by atoms with Crippen molar-refractivity contribution in [3.63, 3.8) is 0 Å². The highest BCUT2D eigenvalue weighted by atomic mass is 19.4. The average molecular weight is 292 g/mol. The Morgan fingerprint density at radius 1 is 1.21 bits per heavy atom. The molecule has 0 fully saturated rings. The van der Waals surface area contributed by atoms with E-state index in [9.17, 15) is 41.3 Å². The number of ether oxygens (including phenoxy) is 1. The van der Waals surface area contributed by atoms with Crippen molar-refractivity contribution in [3.05, 3.63) is 32.1 Å². The number of H-pyrrole nitrogens is 1. The smallest absolute Gasteiger partial charge is 0.390 e. The van der Waals surface area contributed by atoms with Gasteiger partial charge in [-0.25, -0.2) is 0 Å². The molecular weight excluding hydrogens is 290 g/mol. The molecule has 6 nitrogen and oxygen atoms in total. The van der Waals surface area contributed by atoms with E-state index in [1.54, 1.807) is 0 Å². The summed E-state index contributed by atoms with van der Waals surface area (Å²) in [6, 6.07) is -0.169. The van der Waals surface area contributed by atoms with Crippen molar-refractivity contribution in [3.8, 4) is 5.88 Å². The van der Waals surface area contributed by atoms with Crippen LogP contribution >= 0.6 is 0 Å². The third-order valence-electron chi connectivity index (χ3n) is 1.69. The molecule has 1 N–H and O–H groups in total. The number of nitrogens with one attached hydrogen (secondary N) is 1. The van der Waals surface area contributed by atoms with Crippen LogP contribution in [0, 0.1) is 10.1 Å². The molecule has 0 saturated heterocycles. The van der Waals surface area contributed by atoms with E-state index in [0.29, 0.717) is 0 Å². The molecule has 0 bridgehead atoms. The lowest BCUT2D eigenvalue weighted by Crippen LogP contribution is -2.26. The van der Waals surface area contributed by atoms with E-state index < -0.39 is 40.2 Å². The Bertz CT molecular complexity index is 560. The van der Waals surface area contributed by atoms with Crippen molar-refractivity contribution in [2.75, 3.05) is 0 Å². The first-order valence-corrected chi connectivity index (χ1v) is 4.16. The lowest BCUT2D eigenvalue weighted by Gasteiger charge is -2.10. The molecule has 1 heterocycles. The second kappa shape index (κ2) is 4.44. The molecule has 106 valence electrons. The van der Waals surface area contributed by atoms with Gasteiger partial charge in [-0.15, -0.1) is 13.2 Å². The van der Waals surface area contributed by atoms with Gasteiger partial charge in [-0.3, -0.25) is 19.9 Å². The molecule has 1 aromatic rings. The van der Waals surface area contributed by atoms with Crippen LogP contribution in [0.3, 0.4) is 0 Å². The Morgan fingerprint density at radius 2 is 1.74 bits per heavy atom. The summed E-state index contributed by atoms with van der Waals surface area (Å²) in [5.74, 6) is -1.52. The van der Waals surface area contributed by atoms with Gasteiger partial charge < -0.3 is 4.74 Å². The van der Waals surface area contributed by atoms with E-state index in [1.165, 1.54) is 0 Å². The molecule has 0 spiro atoms. The Kier molecular flexibility index (Phi) is 3.45. The van der Waals surface area contributed by atoms with Gasteiger partial charge in [-0.2, -0.15) is 13.2 Å². The highest BCUT2D eigenvalue weighted by molar-refractivity contribution is 5.43. The third-order valence-corrected chi connectivity index (χ3v) is 1.69. The van der Waals surface area contributed by atoms with E-state index in [0.717, 1.165) is 4.98 Å². The fourth-order valence-electron chi connectivity index (χ4n) is 1.12. The molecule has 0 radical (unpaired) electrons. The van der Waals surface area contributed by atoms with Crippen LogP contribution in [-0.4, -0.2) is 16.3 Å². The van der Waals surface area contributed by atoms with Gasteiger partial charge in [0.1, 0.15) is 0 Å². The third kappa shape index (κ3) is 3.59. The summed E-state index contributed by atoms with van der Waals surface area (Å²) < 4.78 is 75.6. The summed E-state index contributed by atoms with van der Waals surface area (Å²) in [6.45, 7) is 0. The second-order valence-electron chi connectivity index (χ2n) is 3.03. The Morgan fingerprint density at radius 3 is 2.11 bits per heavy atom. The number of aromatic nitrogens is 1. The van der Waals surface area contributed by atoms with Crippen molar-refractivity contribution in [2.45, 2.75) is 12.5 Å². The lowest BCUT2D eigenvalue weighted by molar-refractivity contribution is -0.388. The number of hydrogen-bond donors (Lipinski definition) is 1. The summed E-state index contributed by atoms with van der Waals surface area (Å²) in [7, 11) is 0. The van der Waals surface area contributed by atoms with E-state index in [-0.39, 0.29) is 6.07 Å². The lowest BCUT2D eigenvalue weighted by atomic mass is 10.2. The molecule has 0 amide bonds. The minimum Gasteiger partial charge on any atom is -0.390 e. The fraction of sp³-hybridized carbons (Fsp3) is 0.286. The van der Waals surface area contributed by atoms with Gasteiger partial charge in [-0.05, 0) is 0 Å². The molecule has 0 atom stereocenters. The van der Waals surface area contributed by atoms with Crippen LogP contribution in [0.2, 0.25) is 0 Å². The summed E-state index contributed by atoms with van der Waals surface area (Å²) >= 11 is 0. The van der Waals surface area contributed by atoms with Crippen LogP contribution in [0.4, 0.5) is 32.0 Å². The number of aromatic amines is 1. The molecule has 0 aliphatic carbocycles. The summed E-state index contributed by atoms with van der Waals surface area (Å²) in [6.07, 6.45) is -10.7. The normalized spacial score (nSPS) is 12.3. The van der Waals surface area contributed by atoms with Crippen molar-refractivity contribution >= 4 is 5.69 Å². The zero-order valence-electron chi connectivity index (χ0n) is 8.43. The molecule has 0 aliphatic rings. The average Bonchev–Trinajstić information content (AvgIpc) is 2.10. The minimum absolute atomic E-state index is 0.169. The van der Waals surface area contributed by atoms with Crippen LogP contribution in [-0.2, 0) is 6.18 Å². The van der Waals surface area contributed by atoms with Crippen LogP contribution in [0.15, 0.2) is 10.9 Å². The number of hydrogen-bond acceptors (Lipinski definition) is 4. The quantitative estimate of drug-likeness (QED) is 0.514. The van der Waals surface area contributed by atoms with Crippen molar-refractivity contribution in [2.24, 2.45) is 0 Å². The fourth-order valence-corrected chi connectivity index (χ4v) is 1.12. The van der Waals surface area contributed by atoms with Crippen LogP contribution in [0.5, 0.6) is 5.88 Å². The van der Waals surface area contributed by atoms with Crippen LogP contribution in [0.25, 0.3) is 0 Å². The van der Waals surface area contributed by atoms with Gasteiger partial charge in [0.15, 0.2) is 5.56 Å². The zero-order chi connectivity index (χ0) is 15.0. The van der Waals surface area contributed by atoms with Crippen molar-refractivity contribution < 1.29 is 36.0 Å². The largest absolute Gasteiger partial charge is 0.574 e. The first kappa shape index (κ1) is 14.8. The SMILES string of the molecule is O=c1[nH]c(OC(F)(F)F)cc([N+](=O)[O-])c1C(F)(F)F. The Balaban J connectivity index is 3.47. The molecule has 12 heteroatoms. The monoisotopic (exact) mass is 292 g/mol. The van der Waals surface area contributed by atoms with Crippen LogP contribution in [0.1, 0.15) is 5.56 Å². The summed E-state index contributed by atoms with van der Waals surface area (Å²) in [5.41, 5.74) is -6.16. The van der Waals surface area contributed by atoms with E-state index >= 15 is 0 Å². The first-order chi connectivity index (χ1) is 8.42. The maximum Gasteiger partial charge on any atom is 0.574 e. The van der Waals surface area contributed by atoms with Gasteiger partial charge in [0.2, 0.25) is 5.88 Å².